The van der Waals surface area contributed by atoms with Gasteiger partial charge in [-0.1, -0.05) is 54.0 Å². The minimum atomic E-state index is -0.150. The van der Waals surface area contributed by atoms with Crippen LogP contribution in [0.5, 0.6) is 0 Å². The zero-order valence-corrected chi connectivity index (χ0v) is 19.8. The topological polar surface area (TPSA) is 54.2 Å². The molecule has 4 rings (SSSR count). The molecule has 0 saturated carbocycles. The third-order valence-corrected chi connectivity index (χ3v) is 6.54. The second-order valence-electron chi connectivity index (χ2n) is 7.60. The molecule has 7 heteroatoms. The Morgan fingerprint density at radius 2 is 1.81 bits per heavy atom. The summed E-state index contributed by atoms with van der Waals surface area (Å²) in [6.45, 7) is 7.12. The Labute approximate surface area is 192 Å². The molecule has 2 aromatic carbocycles. The second kappa shape index (κ2) is 9.24. The monoisotopic (exact) mass is 450 g/mol. The number of thioether (sulfide) groups is 1. The fourth-order valence-electron chi connectivity index (χ4n) is 3.75. The highest BCUT2D eigenvalue weighted by molar-refractivity contribution is 7.98. The summed E-state index contributed by atoms with van der Waals surface area (Å²) in [6.07, 6.45) is 3.06. The normalized spacial score (nSPS) is 16.6. The molecule has 2 heterocycles. The highest BCUT2D eigenvalue weighted by Crippen LogP contribution is 2.37. The number of hydrogen-bond donors (Lipinski definition) is 1. The van der Waals surface area contributed by atoms with E-state index < -0.39 is 0 Å². The van der Waals surface area contributed by atoms with Crippen molar-refractivity contribution in [2.75, 3.05) is 12.8 Å². The summed E-state index contributed by atoms with van der Waals surface area (Å²) in [7, 11) is 0. The first kappa shape index (κ1) is 21.6. The van der Waals surface area contributed by atoms with Crippen LogP contribution in [0.3, 0.4) is 0 Å². The van der Waals surface area contributed by atoms with Crippen LogP contribution in [-0.4, -0.2) is 33.0 Å². The predicted octanol–water partition coefficient (Wildman–Crippen LogP) is 5.84. The Bertz CT molecular complexity index is 1100. The van der Waals surface area contributed by atoms with Crippen LogP contribution in [0.4, 0.5) is 0 Å². The number of benzene rings is 2. The van der Waals surface area contributed by atoms with Gasteiger partial charge in [-0.2, -0.15) is 4.98 Å². The van der Waals surface area contributed by atoms with Crippen molar-refractivity contribution in [1.29, 1.82) is 0 Å². The minimum Gasteiger partial charge on any atom is -0.351 e. The van der Waals surface area contributed by atoms with Gasteiger partial charge in [-0.3, -0.25) is 0 Å². The average molecular weight is 451 g/mol. The van der Waals surface area contributed by atoms with Crippen molar-refractivity contribution in [3.8, 4) is 11.4 Å². The standard InChI is InChI=1S/C24H26N4OS2/c1-5-14-28-16(3)20(21(25-24(28)30)17-10-12-19(31-4)13-11-17)23-26-22(27-29-23)18-8-6-15(2)7-9-18/h6-13,21H,5,14H2,1-4H3,(H,25,30). The minimum absolute atomic E-state index is 0.150. The molecule has 1 atom stereocenters. The molecule has 0 bridgehead atoms. The number of hydrogen-bond acceptors (Lipinski definition) is 5. The van der Waals surface area contributed by atoms with Crippen molar-refractivity contribution >= 4 is 34.7 Å². The predicted molar refractivity (Wildman–Crippen MR) is 131 cm³/mol. The summed E-state index contributed by atoms with van der Waals surface area (Å²) >= 11 is 7.43. The first-order valence-corrected chi connectivity index (χ1v) is 12.0. The lowest BCUT2D eigenvalue weighted by Crippen LogP contribution is -2.46. The lowest BCUT2D eigenvalue weighted by Gasteiger charge is -2.37. The number of aryl methyl sites for hydroxylation is 1. The molecule has 0 amide bonds. The fourth-order valence-corrected chi connectivity index (χ4v) is 4.50. The highest BCUT2D eigenvalue weighted by atomic mass is 32.2. The Balaban J connectivity index is 1.79. The van der Waals surface area contributed by atoms with Crippen molar-refractivity contribution in [3.05, 3.63) is 71.2 Å². The molecule has 160 valence electrons. The summed E-state index contributed by atoms with van der Waals surface area (Å²) in [5.74, 6) is 1.10. The maximum atomic E-state index is 5.78. The van der Waals surface area contributed by atoms with Gasteiger partial charge in [0.15, 0.2) is 5.11 Å². The lowest BCUT2D eigenvalue weighted by atomic mass is 9.95. The molecule has 1 aliphatic heterocycles. The van der Waals surface area contributed by atoms with E-state index in [1.807, 2.05) is 12.1 Å². The van der Waals surface area contributed by atoms with E-state index in [0.29, 0.717) is 11.7 Å². The molecule has 1 aliphatic rings. The second-order valence-corrected chi connectivity index (χ2v) is 8.86. The van der Waals surface area contributed by atoms with Gasteiger partial charge in [0.1, 0.15) is 0 Å². The van der Waals surface area contributed by atoms with E-state index in [2.05, 4.69) is 78.8 Å². The van der Waals surface area contributed by atoms with E-state index in [-0.39, 0.29) is 6.04 Å². The smallest absolute Gasteiger partial charge is 0.258 e. The summed E-state index contributed by atoms with van der Waals surface area (Å²) in [6, 6.07) is 16.5. The summed E-state index contributed by atoms with van der Waals surface area (Å²) in [4.78, 5) is 8.10. The first-order chi connectivity index (χ1) is 15.0. The Kier molecular flexibility index (Phi) is 6.43. The van der Waals surface area contributed by atoms with Gasteiger partial charge in [0.25, 0.3) is 5.89 Å². The molecule has 3 aromatic rings. The van der Waals surface area contributed by atoms with Gasteiger partial charge < -0.3 is 14.7 Å². The van der Waals surface area contributed by atoms with E-state index in [0.717, 1.165) is 40.5 Å². The zero-order valence-electron chi connectivity index (χ0n) is 18.2. The molecule has 5 nitrogen and oxygen atoms in total. The number of rotatable bonds is 6. The van der Waals surface area contributed by atoms with E-state index in [9.17, 15) is 0 Å². The molecule has 0 fully saturated rings. The van der Waals surface area contributed by atoms with Gasteiger partial charge in [0.2, 0.25) is 5.82 Å². The Hall–Kier alpha value is -2.64. The third-order valence-electron chi connectivity index (χ3n) is 5.46. The summed E-state index contributed by atoms with van der Waals surface area (Å²) in [5.41, 5.74) is 5.25. The Morgan fingerprint density at radius 3 is 2.45 bits per heavy atom. The number of nitrogens with zero attached hydrogens (tertiary/aromatic N) is 3. The van der Waals surface area contributed by atoms with Gasteiger partial charge in [-0.25, -0.2) is 0 Å². The van der Waals surface area contributed by atoms with Crippen LogP contribution in [0.25, 0.3) is 17.0 Å². The molecule has 31 heavy (non-hydrogen) atoms. The molecule has 0 saturated heterocycles. The van der Waals surface area contributed by atoms with E-state index in [1.165, 1.54) is 10.5 Å². The fraction of sp³-hybridized carbons (Fsp3) is 0.292. The molecular formula is C24H26N4OS2. The van der Waals surface area contributed by atoms with Crippen molar-refractivity contribution in [3.63, 3.8) is 0 Å². The molecule has 1 aromatic heterocycles. The van der Waals surface area contributed by atoms with Crippen molar-refractivity contribution in [2.45, 2.75) is 38.1 Å². The number of thiocarbonyl (C=S) groups is 1. The van der Waals surface area contributed by atoms with Gasteiger partial charge >= 0.3 is 0 Å². The van der Waals surface area contributed by atoms with Gasteiger partial charge in [0, 0.05) is 22.7 Å². The largest absolute Gasteiger partial charge is 0.351 e. The van der Waals surface area contributed by atoms with Crippen molar-refractivity contribution < 1.29 is 4.52 Å². The lowest BCUT2D eigenvalue weighted by molar-refractivity contribution is 0.396. The van der Waals surface area contributed by atoms with E-state index >= 15 is 0 Å². The molecule has 0 radical (unpaired) electrons. The maximum Gasteiger partial charge on any atom is 0.258 e. The quantitative estimate of drug-likeness (QED) is 0.374. The average Bonchev–Trinajstić information content (AvgIpc) is 3.26. The molecule has 1 unspecified atom stereocenters. The van der Waals surface area contributed by atoms with Crippen molar-refractivity contribution in [1.82, 2.24) is 20.4 Å². The molecular weight excluding hydrogens is 424 g/mol. The number of allylic oxidation sites excluding steroid dienone is 1. The molecule has 0 spiro atoms. The zero-order chi connectivity index (χ0) is 22.0. The first-order valence-electron chi connectivity index (χ1n) is 10.4. The highest BCUT2D eigenvalue weighted by Gasteiger charge is 2.33. The van der Waals surface area contributed by atoms with E-state index in [4.69, 9.17) is 21.7 Å². The number of nitrogens with one attached hydrogen (secondary N) is 1. The van der Waals surface area contributed by atoms with Crippen molar-refractivity contribution in [2.24, 2.45) is 0 Å². The maximum absolute atomic E-state index is 5.78. The van der Waals surface area contributed by atoms with Crippen LogP contribution in [0.2, 0.25) is 0 Å². The van der Waals surface area contributed by atoms with E-state index in [1.54, 1.807) is 11.8 Å². The van der Waals surface area contributed by atoms with Crippen LogP contribution >= 0.6 is 24.0 Å². The van der Waals surface area contributed by atoms with Gasteiger partial charge in [-0.15, -0.1) is 11.8 Å². The Morgan fingerprint density at radius 1 is 1.10 bits per heavy atom. The summed E-state index contributed by atoms with van der Waals surface area (Å²) in [5, 5.41) is 8.50. The van der Waals surface area contributed by atoms with Crippen LogP contribution in [0.15, 0.2) is 63.6 Å². The third kappa shape index (κ3) is 4.38. The molecule has 0 aliphatic carbocycles. The van der Waals surface area contributed by atoms with Crippen LogP contribution in [-0.2, 0) is 0 Å². The van der Waals surface area contributed by atoms with Gasteiger partial charge in [0.05, 0.1) is 11.6 Å². The SMILES string of the molecule is CCCN1C(=S)NC(c2ccc(SC)cc2)C(c2nc(-c3ccc(C)cc3)no2)=C1C. The van der Waals surface area contributed by atoms with Crippen LogP contribution < -0.4 is 5.32 Å². The van der Waals surface area contributed by atoms with Gasteiger partial charge in [-0.05, 0) is 56.4 Å². The van der Waals surface area contributed by atoms with Crippen LogP contribution in [0, 0.1) is 6.92 Å². The summed E-state index contributed by atoms with van der Waals surface area (Å²) < 4.78 is 5.78. The van der Waals surface area contributed by atoms with Crippen LogP contribution in [0.1, 0.15) is 43.3 Å². The number of aromatic nitrogens is 2. The molecule has 1 N–H and O–H groups in total.